The van der Waals surface area contributed by atoms with Crippen LogP contribution in [-0.4, -0.2) is 0 Å². The van der Waals surface area contributed by atoms with Crippen LogP contribution in [-0.2, 0) is 5.41 Å². The number of rotatable bonds is 6. The minimum Gasteiger partial charge on any atom is -0.454 e. The molecule has 0 amide bonds. The first kappa shape index (κ1) is 33.8. The van der Waals surface area contributed by atoms with E-state index in [-0.39, 0.29) is 0 Å². The summed E-state index contributed by atoms with van der Waals surface area (Å²) >= 11 is 1.87. The first-order chi connectivity index (χ1) is 29.3. The molecule has 9 aromatic carbocycles. The second kappa shape index (κ2) is 13.4. The number of hydrogen-bond donors (Lipinski definition) is 1. The lowest BCUT2D eigenvalue weighted by Crippen LogP contribution is -2.32. The molecule has 4 heteroatoms. The summed E-state index contributed by atoms with van der Waals surface area (Å²) in [6.07, 6.45) is 0. The molecule has 1 aliphatic heterocycles. The number of furan rings is 1. The van der Waals surface area contributed by atoms with E-state index in [4.69, 9.17) is 4.42 Å². The quantitative estimate of drug-likeness (QED) is 0.182. The Morgan fingerprint density at radius 3 is 1.80 bits per heavy atom. The number of nitrogens with zero attached hydrogens (tertiary/aromatic N) is 1. The molecule has 0 radical (unpaired) electrons. The van der Waals surface area contributed by atoms with Gasteiger partial charge in [0.05, 0.1) is 16.8 Å². The van der Waals surface area contributed by atoms with E-state index in [1.54, 1.807) is 0 Å². The second-order valence-electron chi connectivity index (χ2n) is 15.3. The van der Waals surface area contributed by atoms with Crippen LogP contribution in [0.4, 0.5) is 28.4 Å². The summed E-state index contributed by atoms with van der Waals surface area (Å²) in [5.74, 6) is 0. The molecule has 1 aromatic heterocycles. The van der Waals surface area contributed by atoms with Gasteiger partial charge in [0, 0.05) is 43.7 Å². The number of anilines is 5. The third-order valence-electron chi connectivity index (χ3n) is 12.1. The Kier molecular flexibility index (Phi) is 7.69. The van der Waals surface area contributed by atoms with E-state index in [0.29, 0.717) is 0 Å². The lowest BCUT2D eigenvalue weighted by molar-refractivity contribution is 0.669. The van der Waals surface area contributed by atoms with Crippen molar-refractivity contribution in [1.29, 1.82) is 0 Å². The van der Waals surface area contributed by atoms with Crippen LogP contribution >= 0.6 is 11.8 Å². The Labute approximate surface area is 347 Å². The van der Waals surface area contributed by atoms with Crippen molar-refractivity contribution in [2.75, 3.05) is 10.2 Å². The van der Waals surface area contributed by atoms with E-state index in [1.165, 1.54) is 54.3 Å². The highest BCUT2D eigenvalue weighted by molar-refractivity contribution is 7.99. The highest BCUT2D eigenvalue weighted by Crippen LogP contribution is 2.64. The zero-order chi connectivity index (χ0) is 38.9. The van der Waals surface area contributed by atoms with Crippen molar-refractivity contribution in [2.45, 2.75) is 15.2 Å². The fourth-order valence-electron chi connectivity index (χ4n) is 9.60. The van der Waals surface area contributed by atoms with Gasteiger partial charge in [-0.3, -0.25) is 0 Å². The number of para-hydroxylation sites is 2. The maximum absolute atomic E-state index is 6.96. The molecule has 12 rings (SSSR count). The van der Waals surface area contributed by atoms with Crippen molar-refractivity contribution < 1.29 is 4.42 Å². The van der Waals surface area contributed by atoms with Crippen molar-refractivity contribution in [1.82, 2.24) is 0 Å². The predicted molar refractivity (Wildman–Crippen MR) is 245 cm³/mol. The maximum atomic E-state index is 6.96. The molecule has 1 N–H and O–H groups in total. The minimum absolute atomic E-state index is 0.473. The van der Waals surface area contributed by atoms with Gasteiger partial charge in [-0.15, -0.1) is 0 Å². The molecule has 1 aliphatic carbocycles. The SMILES string of the molecule is c1ccc(-c2ccc(Nc3ccc4c(c3)oc3c(N(c5ccccc5)c5cccc6c5Sc5ccccc5C65c6ccccc6-c6ccccc65)cccc34)cc2)cc1. The first-order valence-corrected chi connectivity index (χ1v) is 20.9. The Balaban J connectivity index is 1.02. The van der Waals surface area contributed by atoms with Gasteiger partial charge < -0.3 is 14.6 Å². The van der Waals surface area contributed by atoms with Gasteiger partial charge in [0.25, 0.3) is 0 Å². The van der Waals surface area contributed by atoms with Crippen molar-refractivity contribution in [3.05, 3.63) is 235 Å². The molecule has 3 nitrogen and oxygen atoms in total. The van der Waals surface area contributed by atoms with E-state index in [0.717, 1.165) is 50.4 Å². The number of hydrogen-bond acceptors (Lipinski definition) is 4. The van der Waals surface area contributed by atoms with Crippen LogP contribution in [0.5, 0.6) is 0 Å². The van der Waals surface area contributed by atoms with E-state index >= 15 is 0 Å². The molecule has 1 spiro atoms. The first-order valence-electron chi connectivity index (χ1n) is 20.1. The van der Waals surface area contributed by atoms with Crippen molar-refractivity contribution in [3.8, 4) is 22.3 Å². The molecule has 0 bridgehead atoms. The van der Waals surface area contributed by atoms with Crippen LogP contribution in [0.2, 0.25) is 0 Å². The third kappa shape index (κ3) is 5.16. The van der Waals surface area contributed by atoms with Gasteiger partial charge in [0.2, 0.25) is 0 Å². The summed E-state index contributed by atoms with van der Waals surface area (Å²) in [5.41, 5.74) is 16.6. The molecule has 0 fully saturated rings. The average Bonchev–Trinajstić information content (AvgIpc) is 3.82. The Bertz CT molecular complexity index is 3180. The van der Waals surface area contributed by atoms with Crippen LogP contribution in [0.3, 0.4) is 0 Å². The van der Waals surface area contributed by atoms with Gasteiger partial charge in [-0.2, -0.15) is 0 Å². The fourth-order valence-corrected chi connectivity index (χ4v) is 10.9. The average molecular weight is 773 g/mol. The van der Waals surface area contributed by atoms with Gasteiger partial charge in [-0.1, -0.05) is 163 Å². The van der Waals surface area contributed by atoms with Gasteiger partial charge in [-0.25, -0.2) is 0 Å². The normalized spacial score (nSPS) is 13.2. The number of nitrogens with one attached hydrogen (secondary N) is 1. The summed E-state index contributed by atoms with van der Waals surface area (Å²) < 4.78 is 6.96. The molecular formula is C55H36N2OS. The lowest BCUT2D eigenvalue weighted by atomic mass is 9.67. The van der Waals surface area contributed by atoms with Gasteiger partial charge >= 0.3 is 0 Å². The Morgan fingerprint density at radius 2 is 1.03 bits per heavy atom. The minimum atomic E-state index is -0.473. The lowest BCUT2D eigenvalue weighted by Gasteiger charge is -2.41. The molecule has 2 heterocycles. The standard InChI is InChI=1S/C55H36N2OS/c1-3-15-36(16-4-1)37-29-31-38(32-30-37)56-39-33-34-43-44-21-13-26-49(53(44)58-51(43)35-39)57(40-17-5-2-6-18-40)50-27-14-25-48-54(50)59-52-28-12-11-24-47(52)55(48)45-22-9-7-19-41(45)42-20-8-10-23-46(42)55/h1-35,56H. The van der Waals surface area contributed by atoms with Gasteiger partial charge in [-0.05, 0) is 99.1 Å². The van der Waals surface area contributed by atoms with Crippen LogP contribution in [0.25, 0.3) is 44.2 Å². The van der Waals surface area contributed by atoms with Crippen LogP contribution in [0, 0.1) is 0 Å². The molecule has 0 atom stereocenters. The Hall–Kier alpha value is -7.27. The summed E-state index contributed by atoms with van der Waals surface area (Å²) in [6.45, 7) is 0. The van der Waals surface area contributed by atoms with Gasteiger partial charge in [0.1, 0.15) is 5.58 Å². The summed E-state index contributed by atoms with van der Waals surface area (Å²) in [6, 6.07) is 76.6. The van der Waals surface area contributed by atoms with Gasteiger partial charge in [0.15, 0.2) is 5.58 Å². The second-order valence-corrected chi connectivity index (χ2v) is 16.4. The monoisotopic (exact) mass is 772 g/mol. The van der Waals surface area contributed by atoms with E-state index in [9.17, 15) is 0 Å². The molecular weight excluding hydrogens is 737 g/mol. The largest absolute Gasteiger partial charge is 0.454 e. The molecule has 2 aliphatic rings. The number of benzene rings is 9. The molecule has 0 unspecified atom stereocenters. The smallest absolute Gasteiger partial charge is 0.159 e. The highest BCUT2D eigenvalue weighted by atomic mass is 32.2. The molecule has 0 saturated carbocycles. The molecule has 59 heavy (non-hydrogen) atoms. The summed E-state index contributed by atoms with van der Waals surface area (Å²) in [7, 11) is 0. The van der Waals surface area contributed by atoms with E-state index in [1.807, 2.05) is 17.8 Å². The van der Waals surface area contributed by atoms with Crippen LogP contribution in [0.1, 0.15) is 22.3 Å². The number of fused-ring (bicyclic) bond motifs is 12. The zero-order valence-corrected chi connectivity index (χ0v) is 32.8. The highest BCUT2D eigenvalue weighted by Gasteiger charge is 2.50. The summed E-state index contributed by atoms with van der Waals surface area (Å²) in [4.78, 5) is 4.90. The van der Waals surface area contributed by atoms with E-state index < -0.39 is 5.41 Å². The van der Waals surface area contributed by atoms with Crippen molar-refractivity contribution >= 4 is 62.1 Å². The van der Waals surface area contributed by atoms with E-state index in [2.05, 4.69) is 216 Å². The Morgan fingerprint density at radius 1 is 0.441 bits per heavy atom. The summed E-state index contributed by atoms with van der Waals surface area (Å²) in [5, 5.41) is 5.77. The molecule has 0 saturated heterocycles. The van der Waals surface area contributed by atoms with Crippen LogP contribution < -0.4 is 10.2 Å². The molecule has 10 aromatic rings. The van der Waals surface area contributed by atoms with Crippen molar-refractivity contribution in [2.24, 2.45) is 0 Å². The maximum Gasteiger partial charge on any atom is 0.159 e. The predicted octanol–water partition coefficient (Wildman–Crippen LogP) is 15.3. The third-order valence-corrected chi connectivity index (χ3v) is 13.3. The van der Waals surface area contributed by atoms with Crippen molar-refractivity contribution in [3.63, 3.8) is 0 Å². The topological polar surface area (TPSA) is 28.4 Å². The fraction of sp³-hybridized carbons (Fsp3) is 0.0182. The van der Waals surface area contributed by atoms with Crippen LogP contribution in [0.15, 0.2) is 227 Å². The zero-order valence-electron chi connectivity index (χ0n) is 32.0. The molecule has 278 valence electrons.